The van der Waals surface area contributed by atoms with Crippen LogP contribution in [0.1, 0.15) is 27.2 Å². The summed E-state index contributed by atoms with van der Waals surface area (Å²) in [6.07, 6.45) is 1.95. The Labute approximate surface area is 121 Å². The van der Waals surface area contributed by atoms with Crippen molar-refractivity contribution >= 4 is 12.3 Å². The second kappa shape index (κ2) is 6.29. The Balaban J connectivity index is 1.98. The summed E-state index contributed by atoms with van der Waals surface area (Å²) in [6, 6.07) is 0. The van der Waals surface area contributed by atoms with Gasteiger partial charge in [-0.3, -0.25) is 9.59 Å². The molecule has 0 unspecified atom stereocenters. The molecular formula is C15H25N3O2. The van der Waals surface area contributed by atoms with Gasteiger partial charge in [-0.25, -0.2) is 0 Å². The number of amides is 2. The van der Waals surface area contributed by atoms with Gasteiger partial charge in [0, 0.05) is 57.8 Å². The lowest BCUT2D eigenvalue weighted by Gasteiger charge is -2.42. The molecule has 0 bridgehead atoms. The predicted octanol–water partition coefficient (Wildman–Crippen LogP) is 0.923. The third kappa shape index (κ3) is 2.97. The van der Waals surface area contributed by atoms with E-state index in [1.807, 2.05) is 9.80 Å². The van der Waals surface area contributed by atoms with Crippen LogP contribution in [0.15, 0.2) is 11.3 Å². The summed E-state index contributed by atoms with van der Waals surface area (Å²) >= 11 is 0. The maximum Gasteiger partial charge on any atom is 0.219 e. The van der Waals surface area contributed by atoms with Crippen LogP contribution in [-0.2, 0) is 9.59 Å². The lowest BCUT2D eigenvalue weighted by atomic mass is 9.90. The van der Waals surface area contributed by atoms with Gasteiger partial charge in [0.1, 0.15) is 0 Å². The molecule has 0 N–H and O–H groups in total. The van der Waals surface area contributed by atoms with Gasteiger partial charge in [-0.1, -0.05) is 6.92 Å². The largest absolute Gasteiger partial charge is 0.371 e. The summed E-state index contributed by atoms with van der Waals surface area (Å²) < 4.78 is 0. The van der Waals surface area contributed by atoms with E-state index in [9.17, 15) is 9.59 Å². The average molecular weight is 279 g/mol. The van der Waals surface area contributed by atoms with Crippen molar-refractivity contribution < 1.29 is 9.59 Å². The maximum atomic E-state index is 11.4. The van der Waals surface area contributed by atoms with Crippen molar-refractivity contribution in [3.63, 3.8) is 0 Å². The molecular weight excluding hydrogens is 254 g/mol. The monoisotopic (exact) mass is 279 g/mol. The van der Waals surface area contributed by atoms with E-state index in [0.29, 0.717) is 5.92 Å². The van der Waals surface area contributed by atoms with E-state index < -0.39 is 0 Å². The molecule has 20 heavy (non-hydrogen) atoms. The van der Waals surface area contributed by atoms with E-state index in [1.54, 1.807) is 6.92 Å². The highest BCUT2D eigenvalue weighted by atomic mass is 16.2. The first kappa shape index (κ1) is 14.9. The van der Waals surface area contributed by atoms with Crippen LogP contribution in [-0.4, -0.2) is 66.3 Å². The third-order valence-electron chi connectivity index (χ3n) is 4.57. The van der Waals surface area contributed by atoms with Crippen LogP contribution in [0.3, 0.4) is 0 Å². The average Bonchev–Trinajstić information content (AvgIpc) is 2.39. The number of rotatable bonds is 4. The third-order valence-corrected chi connectivity index (χ3v) is 4.57. The normalized spacial score (nSPS) is 21.4. The molecule has 2 heterocycles. The van der Waals surface area contributed by atoms with Crippen LogP contribution in [0.25, 0.3) is 0 Å². The minimum absolute atomic E-state index is 0.170. The summed E-state index contributed by atoms with van der Waals surface area (Å²) in [4.78, 5) is 28.2. The molecule has 2 saturated heterocycles. The number of likely N-dealkylation sites (tertiary alicyclic amines) is 1. The molecule has 0 atom stereocenters. The molecule has 0 saturated carbocycles. The number of hydrogen-bond donors (Lipinski definition) is 0. The number of allylic oxidation sites excluding steroid dienone is 1. The van der Waals surface area contributed by atoms with Crippen molar-refractivity contribution in [3.05, 3.63) is 11.3 Å². The van der Waals surface area contributed by atoms with Crippen molar-refractivity contribution in [1.82, 2.24) is 14.7 Å². The topological polar surface area (TPSA) is 43.9 Å². The van der Waals surface area contributed by atoms with Crippen LogP contribution in [0.4, 0.5) is 0 Å². The van der Waals surface area contributed by atoms with Crippen molar-refractivity contribution in [3.8, 4) is 0 Å². The Kier molecular flexibility index (Phi) is 4.68. The molecule has 0 aliphatic carbocycles. The van der Waals surface area contributed by atoms with Gasteiger partial charge in [0.25, 0.3) is 0 Å². The van der Waals surface area contributed by atoms with Gasteiger partial charge >= 0.3 is 0 Å². The first-order chi connectivity index (χ1) is 9.56. The van der Waals surface area contributed by atoms with E-state index in [1.165, 1.54) is 11.3 Å². The summed E-state index contributed by atoms with van der Waals surface area (Å²) in [5.41, 5.74) is 2.82. The summed E-state index contributed by atoms with van der Waals surface area (Å²) in [6.45, 7) is 11.2. The second-order valence-electron chi connectivity index (χ2n) is 5.73. The minimum atomic E-state index is 0.170. The van der Waals surface area contributed by atoms with Crippen LogP contribution >= 0.6 is 0 Å². The molecule has 0 spiro atoms. The SMILES string of the molecule is CC/C(=C(\C)C1CN(C=O)C1)N1CCN(C(C)=O)CC1. The van der Waals surface area contributed by atoms with E-state index in [2.05, 4.69) is 18.7 Å². The molecule has 2 aliphatic heterocycles. The van der Waals surface area contributed by atoms with Crippen molar-refractivity contribution in [2.24, 2.45) is 5.92 Å². The fraction of sp³-hybridized carbons (Fsp3) is 0.733. The van der Waals surface area contributed by atoms with Crippen molar-refractivity contribution in [1.29, 1.82) is 0 Å². The second-order valence-corrected chi connectivity index (χ2v) is 5.73. The van der Waals surface area contributed by atoms with Crippen LogP contribution in [0.2, 0.25) is 0 Å². The van der Waals surface area contributed by atoms with E-state index in [-0.39, 0.29) is 5.91 Å². The Bertz CT molecular complexity index is 405. The zero-order valence-corrected chi connectivity index (χ0v) is 12.8. The Morgan fingerprint density at radius 1 is 1.10 bits per heavy atom. The summed E-state index contributed by atoms with van der Waals surface area (Å²) in [5, 5.41) is 0. The van der Waals surface area contributed by atoms with Crippen LogP contribution in [0, 0.1) is 5.92 Å². The van der Waals surface area contributed by atoms with Gasteiger partial charge in [-0.15, -0.1) is 0 Å². The number of carbonyl (C=O) groups is 2. The van der Waals surface area contributed by atoms with Crippen LogP contribution in [0.5, 0.6) is 0 Å². The highest BCUT2D eigenvalue weighted by molar-refractivity contribution is 5.73. The van der Waals surface area contributed by atoms with Gasteiger partial charge in [-0.05, 0) is 18.9 Å². The van der Waals surface area contributed by atoms with Crippen LogP contribution < -0.4 is 0 Å². The number of piperazine rings is 1. The lowest BCUT2D eigenvalue weighted by Crippen LogP contribution is -2.49. The molecule has 5 heteroatoms. The molecule has 5 nitrogen and oxygen atoms in total. The Morgan fingerprint density at radius 2 is 1.65 bits per heavy atom. The van der Waals surface area contributed by atoms with Crippen molar-refractivity contribution in [2.45, 2.75) is 27.2 Å². The lowest BCUT2D eigenvalue weighted by molar-refractivity contribution is -0.130. The number of carbonyl (C=O) groups excluding carboxylic acids is 2. The van der Waals surface area contributed by atoms with Gasteiger partial charge in [0.2, 0.25) is 12.3 Å². The summed E-state index contributed by atoms with van der Waals surface area (Å²) in [7, 11) is 0. The van der Waals surface area contributed by atoms with Gasteiger partial charge in [0.05, 0.1) is 0 Å². The van der Waals surface area contributed by atoms with Gasteiger partial charge in [0.15, 0.2) is 0 Å². The molecule has 0 aromatic rings. The first-order valence-corrected chi connectivity index (χ1v) is 7.46. The number of nitrogens with zero attached hydrogens (tertiary/aromatic N) is 3. The molecule has 2 aliphatic rings. The number of hydrogen-bond acceptors (Lipinski definition) is 3. The standard InChI is InChI=1S/C15H25N3O2/c1-4-15(12(2)14-9-16(10-14)11-19)18-7-5-17(6-8-18)13(3)20/h11,14H,4-10H2,1-3H3/b15-12-. The Morgan fingerprint density at radius 3 is 2.10 bits per heavy atom. The molecule has 0 aromatic carbocycles. The van der Waals surface area contributed by atoms with E-state index in [4.69, 9.17) is 0 Å². The molecule has 2 amide bonds. The smallest absolute Gasteiger partial charge is 0.219 e. The Hall–Kier alpha value is -1.52. The van der Waals surface area contributed by atoms with Crippen molar-refractivity contribution in [2.75, 3.05) is 39.3 Å². The zero-order valence-electron chi connectivity index (χ0n) is 12.8. The minimum Gasteiger partial charge on any atom is -0.371 e. The molecule has 2 rings (SSSR count). The predicted molar refractivity (Wildman–Crippen MR) is 77.9 cm³/mol. The zero-order chi connectivity index (χ0) is 14.7. The first-order valence-electron chi connectivity index (χ1n) is 7.46. The molecule has 0 radical (unpaired) electrons. The fourth-order valence-electron chi connectivity index (χ4n) is 3.15. The fourth-order valence-corrected chi connectivity index (χ4v) is 3.15. The molecule has 112 valence electrons. The van der Waals surface area contributed by atoms with E-state index >= 15 is 0 Å². The maximum absolute atomic E-state index is 11.4. The van der Waals surface area contributed by atoms with Gasteiger partial charge in [-0.2, -0.15) is 0 Å². The molecule has 2 fully saturated rings. The van der Waals surface area contributed by atoms with E-state index in [0.717, 1.165) is 52.1 Å². The highest BCUT2D eigenvalue weighted by Gasteiger charge is 2.30. The quantitative estimate of drug-likeness (QED) is 0.719. The summed E-state index contributed by atoms with van der Waals surface area (Å²) in [5.74, 6) is 0.685. The molecule has 0 aromatic heterocycles. The van der Waals surface area contributed by atoms with Gasteiger partial charge < -0.3 is 14.7 Å². The highest BCUT2D eigenvalue weighted by Crippen LogP contribution is 2.28.